The standard InChI is InChI=1S/C12H12O5/c1-15-9-4-8-10(7(5-13)11(9)14)6-2-3-16-12(6)17-8/h4-6,12,14H,2-3H2,1H3/t6-,12+/m0/s1/i1D3. The summed E-state index contributed by atoms with van der Waals surface area (Å²) in [6, 6.07) is 1.28. The van der Waals surface area contributed by atoms with Crippen molar-refractivity contribution in [1.82, 2.24) is 0 Å². The van der Waals surface area contributed by atoms with Crippen LogP contribution in [0.1, 0.15) is 32.4 Å². The van der Waals surface area contributed by atoms with Crippen molar-refractivity contribution < 1.29 is 28.2 Å². The molecule has 2 aliphatic rings. The average molecular weight is 239 g/mol. The lowest BCUT2D eigenvalue weighted by Gasteiger charge is -2.11. The zero-order valence-electron chi connectivity index (χ0n) is 11.8. The maximum atomic E-state index is 11.2. The number of hydrogen-bond donors (Lipinski definition) is 1. The van der Waals surface area contributed by atoms with Gasteiger partial charge in [-0.25, -0.2) is 0 Å². The van der Waals surface area contributed by atoms with Gasteiger partial charge in [-0.1, -0.05) is 0 Å². The normalized spacial score (nSPS) is 28.4. The first-order chi connectivity index (χ1) is 9.40. The van der Waals surface area contributed by atoms with E-state index in [-0.39, 0.29) is 17.2 Å². The molecule has 3 rings (SSSR count). The number of aromatic hydroxyl groups is 1. The number of ether oxygens (including phenoxy) is 3. The number of rotatable bonds is 2. The number of phenols is 1. The summed E-state index contributed by atoms with van der Waals surface area (Å²) in [5, 5.41) is 10.0. The Kier molecular flexibility index (Phi) is 1.61. The van der Waals surface area contributed by atoms with E-state index in [1.54, 1.807) is 0 Å². The van der Waals surface area contributed by atoms with E-state index in [0.29, 0.717) is 30.6 Å². The maximum absolute atomic E-state index is 11.2. The van der Waals surface area contributed by atoms with Crippen molar-refractivity contribution in [3.63, 3.8) is 0 Å². The summed E-state index contributed by atoms with van der Waals surface area (Å²) in [6.07, 6.45) is 0.660. The third-order valence-corrected chi connectivity index (χ3v) is 3.19. The summed E-state index contributed by atoms with van der Waals surface area (Å²) in [7, 11) is -2.73. The summed E-state index contributed by atoms with van der Waals surface area (Å²) >= 11 is 0. The van der Waals surface area contributed by atoms with Crippen LogP contribution >= 0.6 is 0 Å². The minimum absolute atomic E-state index is 0.000231. The summed E-state index contributed by atoms with van der Waals surface area (Å²) in [6.45, 7) is 0.515. The molecule has 0 bridgehead atoms. The van der Waals surface area contributed by atoms with Gasteiger partial charge >= 0.3 is 0 Å². The van der Waals surface area contributed by atoms with Crippen LogP contribution in [0.15, 0.2) is 6.07 Å². The minimum Gasteiger partial charge on any atom is -0.504 e. The maximum Gasteiger partial charge on any atom is 0.207 e. The van der Waals surface area contributed by atoms with Crippen molar-refractivity contribution in [2.45, 2.75) is 18.6 Å². The van der Waals surface area contributed by atoms with Crippen molar-refractivity contribution >= 4 is 6.29 Å². The van der Waals surface area contributed by atoms with Gasteiger partial charge in [0.25, 0.3) is 0 Å². The molecule has 1 fully saturated rings. The predicted molar refractivity (Wildman–Crippen MR) is 57.8 cm³/mol. The Hall–Kier alpha value is -1.75. The number of fused-ring (bicyclic) bond motifs is 3. The molecule has 1 aromatic carbocycles. The van der Waals surface area contributed by atoms with Crippen LogP contribution in [0.2, 0.25) is 0 Å². The van der Waals surface area contributed by atoms with Crippen LogP contribution in [0, 0.1) is 0 Å². The first kappa shape index (κ1) is 7.55. The Balaban J connectivity index is 2.10. The largest absolute Gasteiger partial charge is 0.504 e. The van der Waals surface area contributed by atoms with Crippen molar-refractivity contribution in [1.29, 1.82) is 0 Å². The van der Waals surface area contributed by atoms with Crippen molar-refractivity contribution in [3.05, 3.63) is 17.2 Å². The number of methoxy groups -OCH3 is 1. The molecule has 0 unspecified atom stereocenters. The van der Waals surface area contributed by atoms with Crippen LogP contribution < -0.4 is 9.47 Å². The Labute approximate surface area is 102 Å². The van der Waals surface area contributed by atoms with E-state index in [4.69, 9.17) is 18.3 Å². The zero-order chi connectivity index (χ0) is 14.5. The quantitative estimate of drug-likeness (QED) is 0.791. The van der Waals surface area contributed by atoms with Gasteiger partial charge in [0, 0.05) is 11.6 Å². The number of aldehydes is 1. The molecule has 0 aliphatic carbocycles. The van der Waals surface area contributed by atoms with Gasteiger partial charge in [-0.05, 0) is 6.42 Å². The van der Waals surface area contributed by atoms with Crippen LogP contribution in [0.3, 0.4) is 0 Å². The monoisotopic (exact) mass is 239 g/mol. The number of carbonyl (C=O) groups excluding carboxylic acids is 1. The van der Waals surface area contributed by atoms with E-state index in [9.17, 15) is 9.90 Å². The molecule has 0 radical (unpaired) electrons. The molecule has 0 amide bonds. The molecule has 0 aromatic heterocycles. The molecule has 2 aliphatic heterocycles. The smallest absolute Gasteiger partial charge is 0.207 e. The highest BCUT2D eigenvalue weighted by atomic mass is 16.7. The highest BCUT2D eigenvalue weighted by Gasteiger charge is 2.42. The van der Waals surface area contributed by atoms with E-state index in [2.05, 4.69) is 0 Å². The average Bonchev–Trinajstić information content (AvgIpc) is 2.89. The van der Waals surface area contributed by atoms with Crippen LogP contribution in [-0.4, -0.2) is 31.3 Å². The Bertz CT molecular complexity index is 569. The Morgan fingerprint density at radius 1 is 1.71 bits per heavy atom. The van der Waals surface area contributed by atoms with E-state index in [1.807, 2.05) is 0 Å². The van der Waals surface area contributed by atoms with Gasteiger partial charge in [-0.15, -0.1) is 0 Å². The second-order valence-corrected chi connectivity index (χ2v) is 4.02. The molecule has 2 heterocycles. The zero-order valence-corrected chi connectivity index (χ0v) is 8.80. The highest BCUT2D eigenvalue weighted by Crippen LogP contribution is 2.50. The molecular weight excluding hydrogens is 224 g/mol. The Morgan fingerprint density at radius 2 is 2.59 bits per heavy atom. The van der Waals surface area contributed by atoms with Gasteiger partial charge < -0.3 is 19.3 Å². The highest BCUT2D eigenvalue weighted by molar-refractivity contribution is 5.86. The van der Waals surface area contributed by atoms with E-state index in [1.165, 1.54) is 6.07 Å². The molecule has 5 heteroatoms. The minimum atomic E-state index is -2.73. The summed E-state index contributed by atoms with van der Waals surface area (Å²) in [5.74, 6) is -0.589. The molecule has 1 aromatic rings. The van der Waals surface area contributed by atoms with Gasteiger partial charge in [0.05, 0.1) is 29.2 Å². The predicted octanol–water partition coefficient (Wildman–Crippen LogP) is 1.44. The second-order valence-electron chi connectivity index (χ2n) is 4.02. The summed E-state index contributed by atoms with van der Waals surface area (Å²) in [5.41, 5.74) is 0.553. The second kappa shape index (κ2) is 3.63. The number of hydrogen-bond acceptors (Lipinski definition) is 5. The SMILES string of the molecule is [2H]C([2H])([2H])Oc1cc2c(c(C=O)c1O)[C@@H]1CCO[C@@H]1O2. The van der Waals surface area contributed by atoms with Crippen molar-refractivity contribution in [2.24, 2.45) is 0 Å². The van der Waals surface area contributed by atoms with Gasteiger partial charge in [0.15, 0.2) is 17.8 Å². The van der Waals surface area contributed by atoms with E-state index >= 15 is 0 Å². The lowest BCUT2D eigenvalue weighted by Crippen LogP contribution is -2.14. The van der Waals surface area contributed by atoms with Gasteiger partial charge in [-0.2, -0.15) is 0 Å². The lowest BCUT2D eigenvalue weighted by atomic mass is 9.93. The first-order valence-corrected chi connectivity index (χ1v) is 5.23. The van der Waals surface area contributed by atoms with E-state index in [0.717, 1.165) is 0 Å². The van der Waals surface area contributed by atoms with Crippen molar-refractivity contribution in [2.75, 3.05) is 13.6 Å². The summed E-state index contributed by atoms with van der Waals surface area (Å²) in [4.78, 5) is 11.2. The third-order valence-electron chi connectivity index (χ3n) is 3.19. The fraction of sp³-hybridized carbons (Fsp3) is 0.417. The molecule has 1 saturated heterocycles. The fourth-order valence-electron chi connectivity index (χ4n) is 2.42. The van der Waals surface area contributed by atoms with Gasteiger partial charge in [0.2, 0.25) is 6.29 Å². The number of benzene rings is 1. The van der Waals surface area contributed by atoms with E-state index < -0.39 is 19.1 Å². The molecule has 5 nitrogen and oxygen atoms in total. The molecule has 90 valence electrons. The Morgan fingerprint density at radius 3 is 3.35 bits per heavy atom. The number of phenolic OH excluding ortho intramolecular Hbond substituents is 1. The summed E-state index contributed by atoms with van der Waals surface area (Å²) < 4.78 is 36.8. The topological polar surface area (TPSA) is 65.0 Å². The molecular formula is C12H12O5. The van der Waals surface area contributed by atoms with Gasteiger partial charge in [0.1, 0.15) is 5.75 Å². The molecule has 17 heavy (non-hydrogen) atoms. The third kappa shape index (κ3) is 1.32. The lowest BCUT2D eigenvalue weighted by molar-refractivity contribution is -0.0337. The number of carbonyl (C=O) groups is 1. The van der Waals surface area contributed by atoms with Gasteiger partial charge in [-0.3, -0.25) is 4.79 Å². The van der Waals surface area contributed by atoms with Crippen LogP contribution in [0.25, 0.3) is 0 Å². The van der Waals surface area contributed by atoms with Crippen LogP contribution in [0.5, 0.6) is 17.2 Å². The fourth-order valence-corrected chi connectivity index (χ4v) is 2.42. The first-order valence-electron chi connectivity index (χ1n) is 6.73. The molecule has 2 atom stereocenters. The molecule has 0 saturated carbocycles. The van der Waals surface area contributed by atoms with Crippen LogP contribution in [-0.2, 0) is 4.74 Å². The molecule has 0 spiro atoms. The van der Waals surface area contributed by atoms with Crippen LogP contribution in [0.4, 0.5) is 0 Å². The molecule has 1 N–H and O–H groups in total. The van der Waals surface area contributed by atoms with Crippen molar-refractivity contribution in [3.8, 4) is 17.2 Å².